The zero-order chi connectivity index (χ0) is 30.2. The molecular formula is C30H36Cl3F7N4. The Hall–Kier alpha value is -2.31. The molecular weight excluding hydrogens is 656 g/mol. The molecule has 2 aromatic carbocycles. The number of rotatable bonds is 7. The zero-order valence-corrected chi connectivity index (χ0v) is 27.0. The van der Waals surface area contributed by atoms with Gasteiger partial charge in [0.2, 0.25) is 0 Å². The first-order valence-corrected chi connectivity index (χ1v) is 13.2. The summed E-state index contributed by atoms with van der Waals surface area (Å²) in [5.41, 5.74) is -0.686. The minimum Gasteiger partial charge on any atom is -0.354 e. The molecule has 1 fully saturated rings. The van der Waals surface area contributed by atoms with Crippen molar-refractivity contribution in [2.45, 2.75) is 45.1 Å². The first kappa shape index (κ1) is 39.7. The number of hydrogen-bond donors (Lipinski definition) is 1. The third-order valence-electron chi connectivity index (χ3n) is 7.53. The van der Waals surface area contributed by atoms with Crippen molar-refractivity contribution in [2.75, 3.05) is 44.7 Å². The first-order chi connectivity index (χ1) is 19.0. The van der Waals surface area contributed by atoms with Crippen LogP contribution in [0.5, 0.6) is 0 Å². The third-order valence-corrected chi connectivity index (χ3v) is 7.53. The van der Waals surface area contributed by atoms with Crippen LogP contribution in [0.4, 0.5) is 36.6 Å². The van der Waals surface area contributed by atoms with Gasteiger partial charge in [0.25, 0.3) is 0 Å². The Morgan fingerprint density at radius 3 is 1.84 bits per heavy atom. The van der Waals surface area contributed by atoms with Gasteiger partial charge in [-0.25, -0.2) is 9.37 Å². The van der Waals surface area contributed by atoms with Crippen molar-refractivity contribution in [3.63, 3.8) is 0 Å². The fourth-order valence-corrected chi connectivity index (χ4v) is 4.96. The SMILES string of the molecule is Cc1cc(F)ccc1-c1cc(N2CCN(C)CC2)ncc1CNCC(C)(C)c1cc(C(F)(F)F)cc(C(F)(F)F)c1.Cl.Cl.Cl. The number of anilines is 1. The minimum absolute atomic E-state index is 0. The molecule has 2 heterocycles. The van der Waals surface area contributed by atoms with Gasteiger partial charge in [0.15, 0.2) is 0 Å². The average molecular weight is 692 g/mol. The van der Waals surface area contributed by atoms with Gasteiger partial charge in [-0.2, -0.15) is 26.3 Å². The van der Waals surface area contributed by atoms with Gasteiger partial charge in [-0.1, -0.05) is 19.9 Å². The summed E-state index contributed by atoms with van der Waals surface area (Å²) in [5, 5.41) is 3.21. The number of piperazine rings is 1. The lowest BCUT2D eigenvalue weighted by atomic mass is 9.82. The Morgan fingerprint density at radius 1 is 0.773 bits per heavy atom. The van der Waals surface area contributed by atoms with Crippen LogP contribution in [0.1, 0.15) is 41.7 Å². The average Bonchev–Trinajstić information content (AvgIpc) is 2.88. The van der Waals surface area contributed by atoms with E-state index in [2.05, 4.69) is 27.1 Å². The van der Waals surface area contributed by atoms with Gasteiger partial charge >= 0.3 is 12.4 Å². The second-order valence-corrected chi connectivity index (χ2v) is 11.2. The molecule has 44 heavy (non-hydrogen) atoms. The van der Waals surface area contributed by atoms with Crippen molar-refractivity contribution in [3.05, 3.63) is 82.3 Å². The van der Waals surface area contributed by atoms with Gasteiger partial charge in [0.1, 0.15) is 11.6 Å². The molecule has 0 spiro atoms. The lowest BCUT2D eigenvalue weighted by Crippen LogP contribution is -2.44. The maximum Gasteiger partial charge on any atom is 0.416 e. The standard InChI is InChI=1S/C30H33F7N4.3ClH/c1-19-11-24(31)5-6-25(19)26-15-27(41-9-7-40(4)8-10-41)39-17-20(26)16-38-18-28(2,3)21-12-22(29(32,33)34)14-23(13-21)30(35,36)37;;;/h5-6,11-15,17,38H,7-10,16,18H2,1-4H3;3*1H. The van der Waals surface area contributed by atoms with Gasteiger partial charge in [0.05, 0.1) is 11.1 Å². The highest BCUT2D eigenvalue weighted by Crippen LogP contribution is 2.39. The van der Waals surface area contributed by atoms with Crippen molar-refractivity contribution in [3.8, 4) is 11.1 Å². The highest BCUT2D eigenvalue weighted by Gasteiger charge is 2.38. The number of nitrogens with one attached hydrogen (secondary N) is 1. The first-order valence-electron chi connectivity index (χ1n) is 13.2. The summed E-state index contributed by atoms with van der Waals surface area (Å²) in [6, 6.07) is 8.16. The number of benzene rings is 2. The van der Waals surface area contributed by atoms with Gasteiger partial charge in [0, 0.05) is 50.9 Å². The van der Waals surface area contributed by atoms with Crippen molar-refractivity contribution in [1.82, 2.24) is 15.2 Å². The molecule has 14 heteroatoms. The summed E-state index contributed by atoms with van der Waals surface area (Å²) in [4.78, 5) is 9.06. The van der Waals surface area contributed by atoms with E-state index in [0.717, 1.165) is 66.4 Å². The molecule has 0 atom stereocenters. The second kappa shape index (κ2) is 15.3. The van der Waals surface area contributed by atoms with Crippen molar-refractivity contribution >= 4 is 43.0 Å². The summed E-state index contributed by atoms with van der Waals surface area (Å²) in [6.45, 7) is 8.70. The van der Waals surface area contributed by atoms with Gasteiger partial charge < -0.3 is 15.1 Å². The van der Waals surface area contributed by atoms with Crippen LogP contribution >= 0.6 is 37.2 Å². The van der Waals surface area contributed by atoms with Crippen LogP contribution in [0.15, 0.2) is 48.7 Å². The molecule has 0 saturated carbocycles. The van der Waals surface area contributed by atoms with Gasteiger partial charge in [-0.05, 0) is 78.2 Å². The molecule has 1 saturated heterocycles. The number of likely N-dealkylation sites (N-methyl/N-ethyl adjacent to an activating group) is 1. The number of halogens is 10. The van der Waals surface area contributed by atoms with E-state index in [4.69, 9.17) is 0 Å². The summed E-state index contributed by atoms with van der Waals surface area (Å²) in [6.07, 6.45) is -8.12. The molecule has 0 unspecified atom stereocenters. The van der Waals surface area contributed by atoms with Crippen molar-refractivity contribution in [1.29, 1.82) is 0 Å². The molecule has 1 aliphatic rings. The van der Waals surface area contributed by atoms with E-state index in [-0.39, 0.29) is 67.8 Å². The van der Waals surface area contributed by atoms with E-state index in [9.17, 15) is 30.7 Å². The van der Waals surface area contributed by atoms with Crippen LogP contribution < -0.4 is 10.2 Å². The van der Waals surface area contributed by atoms with Crippen LogP contribution in [-0.2, 0) is 24.3 Å². The Kier molecular flexibility index (Phi) is 13.8. The third kappa shape index (κ3) is 9.59. The summed E-state index contributed by atoms with van der Waals surface area (Å²) in [5.74, 6) is 0.421. The van der Waals surface area contributed by atoms with Crippen LogP contribution in [0.2, 0.25) is 0 Å². The molecule has 3 aromatic rings. The monoisotopic (exact) mass is 690 g/mol. The van der Waals surface area contributed by atoms with Crippen LogP contribution in [0.25, 0.3) is 11.1 Å². The molecule has 1 aromatic heterocycles. The zero-order valence-electron chi connectivity index (χ0n) is 24.6. The molecule has 4 nitrogen and oxygen atoms in total. The second-order valence-electron chi connectivity index (χ2n) is 11.2. The van der Waals surface area contributed by atoms with Crippen LogP contribution in [-0.4, -0.2) is 49.7 Å². The topological polar surface area (TPSA) is 31.4 Å². The summed E-state index contributed by atoms with van der Waals surface area (Å²) in [7, 11) is 2.05. The molecule has 0 amide bonds. The highest BCUT2D eigenvalue weighted by molar-refractivity contribution is 5.86. The Balaban J connectivity index is 0.00000323. The van der Waals surface area contributed by atoms with E-state index in [1.54, 1.807) is 33.0 Å². The maximum absolute atomic E-state index is 13.9. The normalized spacial score (nSPS) is 14.4. The highest BCUT2D eigenvalue weighted by atomic mass is 35.5. The number of alkyl halides is 6. The van der Waals surface area contributed by atoms with Crippen LogP contribution in [0.3, 0.4) is 0 Å². The maximum atomic E-state index is 13.9. The van der Waals surface area contributed by atoms with E-state index >= 15 is 0 Å². The molecule has 4 rings (SSSR count). The number of aromatic nitrogens is 1. The fraction of sp³-hybridized carbons (Fsp3) is 0.433. The van der Waals surface area contributed by atoms with Gasteiger partial charge in [-0.15, -0.1) is 37.2 Å². The molecule has 1 N–H and O–H groups in total. The molecule has 0 aliphatic carbocycles. The Morgan fingerprint density at radius 2 is 1.32 bits per heavy atom. The van der Waals surface area contributed by atoms with Crippen molar-refractivity contribution < 1.29 is 30.7 Å². The van der Waals surface area contributed by atoms with E-state index in [0.29, 0.717) is 0 Å². The summed E-state index contributed by atoms with van der Waals surface area (Å²) < 4.78 is 94.5. The Bertz CT molecular complexity index is 1360. The minimum atomic E-state index is -4.92. The Labute approximate surface area is 271 Å². The number of pyridine rings is 1. The molecule has 246 valence electrons. The van der Waals surface area contributed by atoms with Gasteiger partial charge in [-0.3, -0.25) is 0 Å². The quantitative estimate of drug-likeness (QED) is 0.253. The number of hydrogen-bond acceptors (Lipinski definition) is 4. The molecule has 1 aliphatic heterocycles. The summed E-state index contributed by atoms with van der Waals surface area (Å²) >= 11 is 0. The molecule has 0 bridgehead atoms. The predicted molar refractivity (Wildman–Crippen MR) is 167 cm³/mol. The fourth-order valence-electron chi connectivity index (χ4n) is 4.96. The lowest BCUT2D eigenvalue weighted by molar-refractivity contribution is -0.143. The van der Waals surface area contributed by atoms with E-state index in [1.165, 1.54) is 12.1 Å². The molecule has 0 radical (unpaired) electrons. The largest absolute Gasteiger partial charge is 0.416 e. The number of nitrogens with zero attached hydrogens (tertiary/aromatic N) is 3. The predicted octanol–water partition coefficient (Wildman–Crippen LogP) is 8.32. The van der Waals surface area contributed by atoms with Crippen LogP contribution in [0, 0.1) is 12.7 Å². The van der Waals surface area contributed by atoms with E-state index < -0.39 is 28.9 Å². The van der Waals surface area contributed by atoms with Crippen molar-refractivity contribution in [2.24, 2.45) is 0 Å². The lowest BCUT2D eigenvalue weighted by Gasteiger charge is -2.33. The smallest absolute Gasteiger partial charge is 0.354 e. The number of aryl methyl sites for hydroxylation is 1. The van der Waals surface area contributed by atoms with E-state index in [1.807, 2.05) is 6.07 Å².